The summed E-state index contributed by atoms with van der Waals surface area (Å²) < 4.78 is 0. The maximum Gasteiger partial charge on any atom is 0.372 e. The Morgan fingerprint density at radius 1 is 0.818 bits per heavy atom. The number of hydrogen-bond donors (Lipinski definition) is 1. The first-order valence-corrected chi connectivity index (χ1v) is 9.19. The SMILES string of the molecule is CCCCCCCCC=CCCCCCCCC(=O)C=[N+]=N. The highest BCUT2D eigenvalue weighted by atomic mass is 16.1. The van der Waals surface area contributed by atoms with Crippen molar-refractivity contribution in [3.63, 3.8) is 0 Å². The quantitative estimate of drug-likeness (QED) is 0.125. The summed E-state index contributed by atoms with van der Waals surface area (Å²) in [5.74, 6) is -0.0207. The molecule has 0 bridgehead atoms. The van der Waals surface area contributed by atoms with Crippen molar-refractivity contribution < 1.29 is 9.58 Å². The van der Waals surface area contributed by atoms with Crippen LogP contribution in [0, 0.1) is 5.53 Å². The first-order valence-electron chi connectivity index (χ1n) is 9.19. The van der Waals surface area contributed by atoms with Crippen LogP contribution in [-0.4, -0.2) is 16.8 Å². The summed E-state index contributed by atoms with van der Waals surface area (Å²) in [6.07, 6.45) is 22.8. The molecule has 0 aromatic heterocycles. The van der Waals surface area contributed by atoms with Gasteiger partial charge in [-0.05, 0) is 32.1 Å². The molecule has 1 N–H and O–H groups in total. The molecule has 22 heavy (non-hydrogen) atoms. The van der Waals surface area contributed by atoms with Crippen molar-refractivity contribution in [2.45, 2.75) is 96.8 Å². The summed E-state index contributed by atoms with van der Waals surface area (Å²) in [6.45, 7) is 2.26. The van der Waals surface area contributed by atoms with Gasteiger partial charge in [0.1, 0.15) is 0 Å². The maximum absolute atomic E-state index is 11.1. The minimum atomic E-state index is -0.0207. The van der Waals surface area contributed by atoms with Crippen molar-refractivity contribution in [2.24, 2.45) is 0 Å². The van der Waals surface area contributed by atoms with Gasteiger partial charge in [-0.2, -0.15) is 0 Å². The van der Waals surface area contributed by atoms with E-state index < -0.39 is 0 Å². The van der Waals surface area contributed by atoms with E-state index in [0.29, 0.717) is 6.42 Å². The molecule has 0 saturated carbocycles. The Kier molecular flexibility index (Phi) is 16.9. The molecule has 0 spiro atoms. The number of nitrogens with zero attached hydrogens (tertiary/aromatic N) is 1. The third-order valence-electron chi connectivity index (χ3n) is 3.89. The molecule has 0 saturated heterocycles. The van der Waals surface area contributed by atoms with Crippen LogP contribution in [0.3, 0.4) is 0 Å². The molecule has 0 aliphatic heterocycles. The van der Waals surface area contributed by atoms with E-state index in [1.807, 2.05) is 0 Å². The number of Topliss-reactive ketones (excluding diaryl/α,β-unsaturated/α-hetero) is 1. The second-order valence-corrected chi connectivity index (χ2v) is 6.06. The Bertz CT molecular complexity index is 330. The second-order valence-electron chi connectivity index (χ2n) is 6.06. The van der Waals surface area contributed by atoms with E-state index in [4.69, 9.17) is 5.53 Å². The molecule has 0 aromatic carbocycles. The second kappa shape index (κ2) is 17.8. The summed E-state index contributed by atoms with van der Waals surface area (Å²) in [5, 5.41) is 0. The molecule has 0 rings (SSSR count). The maximum atomic E-state index is 11.1. The summed E-state index contributed by atoms with van der Waals surface area (Å²) >= 11 is 0. The number of ketones is 1. The van der Waals surface area contributed by atoms with Gasteiger partial charge in [0.25, 0.3) is 0 Å². The van der Waals surface area contributed by atoms with Crippen LogP contribution in [0.1, 0.15) is 96.8 Å². The zero-order valence-electron chi connectivity index (χ0n) is 14.5. The topological polar surface area (TPSA) is 55.0 Å². The Balaban J connectivity index is 3.17. The molecular weight excluding hydrogens is 272 g/mol. The number of allylic oxidation sites excluding steroid dienone is 2. The first kappa shape index (κ1) is 20.8. The van der Waals surface area contributed by atoms with Gasteiger partial charge in [-0.1, -0.05) is 70.4 Å². The van der Waals surface area contributed by atoms with Gasteiger partial charge in [0.05, 0.1) is 10.3 Å². The van der Waals surface area contributed by atoms with Gasteiger partial charge in [0.15, 0.2) is 0 Å². The van der Waals surface area contributed by atoms with Crippen LogP contribution in [0.25, 0.3) is 0 Å². The van der Waals surface area contributed by atoms with Crippen LogP contribution in [0.5, 0.6) is 0 Å². The van der Waals surface area contributed by atoms with E-state index in [1.54, 1.807) is 0 Å². The van der Waals surface area contributed by atoms with Crippen LogP contribution in [0.4, 0.5) is 0 Å². The highest BCUT2D eigenvalue weighted by molar-refractivity contribution is 6.25. The zero-order chi connectivity index (χ0) is 16.3. The van der Waals surface area contributed by atoms with Gasteiger partial charge in [-0.25, -0.2) is 0 Å². The van der Waals surface area contributed by atoms with E-state index in [1.165, 1.54) is 70.6 Å². The summed E-state index contributed by atoms with van der Waals surface area (Å²) in [4.78, 5) is 14.1. The predicted octanol–water partition coefficient (Wildman–Crippen LogP) is 5.90. The molecule has 0 unspecified atom stereocenters. The lowest BCUT2D eigenvalue weighted by Gasteiger charge is -1.99. The van der Waals surface area contributed by atoms with E-state index in [-0.39, 0.29) is 5.78 Å². The fourth-order valence-corrected chi connectivity index (χ4v) is 2.51. The van der Waals surface area contributed by atoms with E-state index in [0.717, 1.165) is 19.1 Å². The van der Waals surface area contributed by atoms with Crippen molar-refractivity contribution in [1.82, 2.24) is 0 Å². The number of unbranched alkanes of at least 4 members (excludes halogenated alkanes) is 11. The standard InChI is InChI=1S/C19H35N2O/c1-2-3-4-5-6-7-8-9-10-11-12-13-14-15-16-17-19(22)18-21-20/h9-10,18,20H,2-8,11-17H2,1H3/q+1. The molecule has 0 heterocycles. The molecular formula is C19H35N2O+. The molecule has 0 aromatic rings. The minimum Gasteiger partial charge on any atom is -0.287 e. The zero-order valence-corrected chi connectivity index (χ0v) is 14.5. The Morgan fingerprint density at radius 3 is 1.86 bits per heavy atom. The van der Waals surface area contributed by atoms with Crippen LogP contribution in [-0.2, 0) is 4.79 Å². The average molecular weight is 308 g/mol. The number of nitrogens with one attached hydrogen (secondary N) is 1. The molecule has 0 fully saturated rings. The molecule has 126 valence electrons. The molecule has 3 heteroatoms. The van der Waals surface area contributed by atoms with Crippen LogP contribution < -0.4 is 0 Å². The van der Waals surface area contributed by atoms with Crippen LogP contribution in [0.15, 0.2) is 12.2 Å². The van der Waals surface area contributed by atoms with E-state index >= 15 is 0 Å². The first-order chi connectivity index (χ1) is 10.8. The van der Waals surface area contributed by atoms with Gasteiger partial charge in [0.2, 0.25) is 5.78 Å². The lowest BCUT2D eigenvalue weighted by atomic mass is 10.1. The molecule has 0 atom stereocenters. The van der Waals surface area contributed by atoms with Gasteiger partial charge in [0, 0.05) is 6.42 Å². The Morgan fingerprint density at radius 2 is 1.32 bits per heavy atom. The average Bonchev–Trinajstić information content (AvgIpc) is 2.51. The Labute approximate surface area is 136 Å². The number of carbonyl (C=O) groups excluding carboxylic acids is 1. The van der Waals surface area contributed by atoms with E-state index in [2.05, 4.69) is 23.9 Å². The normalized spacial score (nSPS) is 10.8. The lowest BCUT2D eigenvalue weighted by Crippen LogP contribution is -1.99. The molecule has 0 amide bonds. The molecule has 3 nitrogen and oxygen atoms in total. The van der Waals surface area contributed by atoms with Crippen molar-refractivity contribution in [2.75, 3.05) is 0 Å². The van der Waals surface area contributed by atoms with Crippen LogP contribution >= 0.6 is 0 Å². The Hall–Kier alpha value is -1.21. The largest absolute Gasteiger partial charge is 0.372 e. The van der Waals surface area contributed by atoms with E-state index in [9.17, 15) is 4.79 Å². The molecule has 0 radical (unpaired) electrons. The summed E-state index contributed by atoms with van der Waals surface area (Å²) in [5.41, 5.74) is 6.57. The predicted molar refractivity (Wildman–Crippen MR) is 93.5 cm³/mol. The number of rotatable bonds is 16. The molecule has 0 aliphatic carbocycles. The fraction of sp³-hybridized carbons (Fsp3) is 0.789. The fourth-order valence-electron chi connectivity index (χ4n) is 2.51. The van der Waals surface area contributed by atoms with Crippen molar-refractivity contribution >= 4 is 12.0 Å². The van der Waals surface area contributed by atoms with Crippen LogP contribution in [0.2, 0.25) is 0 Å². The highest BCUT2D eigenvalue weighted by Gasteiger charge is 2.02. The van der Waals surface area contributed by atoms with Crippen molar-refractivity contribution in [3.05, 3.63) is 12.2 Å². The van der Waals surface area contributed by atoms with Crippen molar-refractivity contribution in [3.8, 4) is 0 Å². The highest BCUT2D eigenvalue weighted by Crippen LogP contribution is 2.09. The summed E-state index contributed by atoms with van der Waals surface area (Å²) in [7, 11) is 0. The van der Waals surface area contributed by atoms with Gasteiger partial charge in [-0.3, -0.25) is 4.79 Å². The monoisotopic (exact) mass is 307 g/mol. The smallest absolute Gasteiger partial charge is 0.287 e. The third-order valence-corrected chi connectivity index (χ3v) is 3.89. The number of carbonyl (C=O) groups is 1. The number of hydrogen-bond acceptors (Lipinski definition) is 2. The lowest BCUT2D eigenvalue weighted by molar-refractivity contribution is -0.131. The van der Waals surface area contributed by atoms with Gasteiger partial charge >= 0.3 is 6.21 Å². The summed E-state index contributed by atoms with van der Waals surface area (Å²) in [6, 6.07) is 0. The van der Waals surface area contributed by atoms with Crippen molar-refractivity contribution in [1.29, 1.82) is 5.53 Å². The van der Waals surface area contributed by atoms with Gasteiger partial charge < -0.3 is 0 Å². The minimum absolute atomic E-state index is 0.0207. The molecule has 0 aliphatic rings. The third kappa shape index (κ3) is 16.8. The van der Waals surface area contributed by atoms with Gasteiger partial charge in [-0.15, -0.1) is 0 Å².